The maximum absolute atomic E-state index is 13.1. The van der Waals surface area contributed by atoms with Crippen molar-refractivity contribution < 1.29 is 82.8 Å². The van der Waals surface area contributed by atoms with Gasteiger partial charge in [-0.15, -0.1) is 0 Å². The van der Waals surface area contributed by atoms with Crippen LogP contribution in [0.2, 0.25) is 0 Å². The van der Waals surface area contributed by atoms with Crippen LogP contribution in [0.4, 0.5) is 0 Å². The molecular weight excluding hydrogens is 1140 g/mol. The van der Waals surface area contributed by atoms with Crippen LogP contribution in [0.3, 0.4) is 0 Å². The van der Waals surface area contributed by atoms with Crippen LogP contribution in [-0.2, 0) is 57.3 Å². The number of ether oxygens (including phenoxy) is 4. The fraction of sp³-hybridized carbons (Fsp3) is 0.722. The highest BCUT2D eigenvalue weighted by molar-refractivity contribution is 5.83. The Kier molecular flexibility index (Phi) is 53.8. The quantitative estimate of drug-likeness (QED) is 0.0145. The fourth-order valence-corrected chi connectivity index (χ4v) is 10.4. The standard InChI is InChI=1S/C72H118O17/c1-6-9-11-12-28-38-46-61(64(58(5)74)51-66(76)77)47-39-31-26-27-34-42-50-70(82)89-63(55-86-68(80)48-40-32-24-20-16-14-13-15-18-22-29-36-43-59(8-3)65(71(83)84)52-67(78)79)56-87-69(81)49-41-33-25-21-17-19-23-30-37-45-60(44-35-10-7-2)57(4)72(85)88-54-62(75)53-73/h13,15,22-23,29-30,36-37,39,43,45,47,57,59-65,73,75H,6-12,14,16-21,24-28,31-35,38,40-42,44,46,48-56H2,1-5H3,(H,76,77)(H,78,79)(H,83,84)/p-1/b15-13-,29-22-,30-23-,43-36+,45-37+,47-39+. The van der Waals surface area contributed by atoms with Crippen LogP contribution in [0.15, 0.2) is 72.9 Å². The van der Waals surface area contributed by atoms with Gasteiger partial charge >= 0.3 is 35.8 Å². The molecule has 0 saturated heterocycles. The highest BCUT2D eigenvalue weighted by Crippen LogP contribution is 2.27. The van der Waals surface area contributed by atoms with Crippen LogP contribution in [0.25, 0.3) is 0 Å². The first-order valence-corrected chi connectivity index (χ1v) is 34.0. The Hall–Kier alpha value is -5.68. The van der Waals surface area contributed by atoms with Crippen molar-refractivity contribution in [3.63, 3.8) is 0 Å². The van der Waals surface area contributed by atoms with Gasteiger partial charge in [0.05, 0.1) is 24.9 Å². The molecule has 17 heteroatoms. The van der Waals surface area contributed by atoms with Gasteiger partial charge in [0.15, 0.2) is 6.10 Å². The lowest BCUT2D eigenvalue weighted by Crippen LogP contribution is -2.32. The third-order valence-electron chi connectivity index (χ3n) is 16.0. The van der Waals surface area contributed by atoms with E-state index in [1.54, 1.807) is 12.2 Å². The second-order valence-corrected chi connectivity index (χ2v) is 23.8. The summed E-state index contributed by atoms with van der Waals surface area (Å²) in [5.41, 5.74) is 0. The number of carboxylic acids is 3. The number of carbonyl (C=O) groups excluding carboxylic acids is 6. The Balaban J connectivity index is 5.18. The Morgan fingerprint density at radius 1 is 0.483 bits per heavy atom. The summed E-state index contributed by atoms with van der Waals surface area (Å²) in [5, 5.41) is 48.5. The lowest BCUT2D eigenvalue weighted by atomic mass is 9.82. The number of ketones is 1. The minimum absolute atomic E-state index is 0.00498. The summed E-state index contributed by atoms with van der Waals surface area (Å²) < 4.78 is 22.0. The van der Waals surface area contributed by atoms with E-state index in [9.17, 15) is 58.8 Å². The van der Waals surface area contributed by atoms with Crippen molar-refractivity contribution in [1.82, 2.24) is 0 Å². The van der Waals surface area contributed by atoms with Crippen LogP contribution >= 0.6 is 0 Å². The average Bonchev–Trinajstić information content (AvgIpc) is 3.72. The SMILES string of the molecule is CCCCCCCCC(/C=C/CCCCCCC(=O)OC(COC(=O)CCCCCCC/C=C\C=C\C(CCCCC)C(C)C(=O)OCC(O)CO)COC(=O)CCCCCCC/C=C\C/C=C\C=C\C(CC)C(CC(=O)[O-])C(=O)O)C(CC(=O)O)C(C)=O. The zero-order valence-electron chi connectivity index (χ0n) is 55.2. The van der Waals surface area contributed by atoms with Gasteiger partial charge in [-0.2, -0.15) is 0 Å². The predicted molar refractivity (Wildman–Crippen MR) is 347 cm³/mol. The van der Waals surface area contributed by atoms with Crippen molar-refractivity contribution in [2.45, 2.75) is 272 Å². The summed E-state index contributed by atoms with van der Waals surface area (Å²) in [4.78, 5) is 97.9. The summed E-state index contributed by atoms with van der Waals surface area (Å²) in [6.07, 6.45) is 48.5. The molecule has 0 rings (SSSR count). The summed E-state index contributed by atoms with van der Waals surface area (Å²) in [6, 6.07) is 0. The van der Waals surface area contributed by atoms with Crippen molar-refractivity contribution >= 4 is 47.6 Å². The monoisotopic (exact) mass is 1250 g/mol. The number of rotatable bonds is 60. The van der Waals surface area contributed by atoms with E-state index in [4.69, 9.17) is 24.1 Å². The van der Waals surface area contributed by atoms with E-state index in [2.05, 4.69) is 38.2 Å². The number of carboxylic acid groups (broad SMARTS) is 3. The molecule has 0 aliphatic heterocycles. The van der Waals surface area contributed by atoms with Gasteiger partial charge in [0.2, 0.25) is 0 Å². The molecule has 4 N–H and O–H groups in total. The highest BCUT2D eigenvalue weighted by Gasteiger charge is 2.28. The van der Waals surface area contributed by atoms with Gasteiger partial charge in [-0.1, -0.05) is 210 Å². The first kappa shape index (κ1) is 83.3. The molecule has 0 saturated carbocycles. The molecule has 0 spiro atoms. The Morgan fingerprint density at radius 3 is 1.51 bits per heavy atom. The van der Waals surface area contributed by atoms with Crippen molar-refractivity contribution in [2.24, 2.45) is 35.5 Å². The zero-order chi connectivity index (χ0) is 66.1. The average molecular weight is 1250 g/mol. The summed E-state index contributed by atoms with van der Waals surface area (Å²) in [6.45, 7) is 8.27. The van der Waals surface area contributed by atoms with Gasteiger partial charge < -0.3 is 49.3 Å². The number of allylic oxidation sites excluding steroid dienone is 12. The minimum Gasteiger partial charge on any atom is -0.550 e. The number of unbranched alkanes of at least 4 members (excludes halogenated alkanes) is 21. The smallest absolute Gasteiger partial charge is 0.309 e. The van der Waals surface area contributed by atoms with Gasteiger partial charge in [-0.3, -0.25) is 33.6 Å². The third-order valence-corrected chi connectivity index (χ3v) is 16.0. The van der Waals surface area contributed by atoms with Crippen LogP contribution in [0.1, 0.15) is 259 Å². The van der Waals surface area contributed by atoms with E-state index < -0.39 is 84.8 Å². The molecule has 8 atom stereocenters. The van der Waals surface area contributed by atoms with Crippen LogP contribution < -0.4 is 5.11 Å². The zero-order valence-corrected chi connectivity index (χ0v) is 55.2. The third kappa shape index (κ3) is 48.8. The van der Waals surface area contributed by atoms with E-state index in [0.29, 0.717) is 32.1 Å². The molecule has 0 fully saturated rings. The first-order valence-electron chi connectivity index (χ1n) is 34.0. The Labute approximate surface area is 534 Å². The lowest BCUT2D eigenvalue weighted by molar-refractivity contribution is -0.307. The number of aliphatic hydroxyl groups excluding tert-OH is 2. The van der Waals surface area contributed by atoms with Crippen molar-refractivity contribution in [2.75, 3.05) is 26.4 Å². The second-order valence-electron chi connectivity index (χ2n) is 23.8. The molecule has 0 heterocycles. The number of esters is 4. The lowest BCUT2D eigenvalue weighted by Gasteiger charge is -2.21. The second kappa shape index (κ2) is 57.5. The number of hydrogen-bond donors (Lipinski definition) is 4. The van der Waals surface area contributed by atoms with E-state index in [1.165, 1.54) is 19.8 Å². The summed E-state index contributed by atoms with van der Waals surface area (Å²) in [5.74, 6) is -7.78. The van der Waals surface area contributed by atoms with Crippen molar-refractivity contribution in [3.8, 4) is 0 Å². The normalized spacial score (nSPS) is 14.7. The molecule has 0 aliphatic carbocycles. The van der Waals surface area contributed by atoms with Crippen molar-refractivity contribution in [1.29, 1.82) is 0 Å². The maximum Gasteiger partial charge on any atom is 0.309 e. The van der Waals surface area contributed by atoms with E-state index in [-0.39, 0.29) is 69.0 Å². The predicted octanol–water partition coefficient (Wildman–Crippen LogP) is 14.2. The summed E-state index contributed by atoms with van der Waals surface area (Å²) in [7, 11) is 0. The molecule has 0 aromatic rings. The van der Waals surface area contributed by atoms with Crippen molar-refractivity contribution in [3.05, 3.63) is 72.9 Å². The molecule has 8 unspecified atom stereocenters. The molecule has 0 bridgehead atoms. The van der Waals surface area contributed by atoms with Gasteiger partial charge in [0, 0.05) is 37.6 Å². The molecule has 0 aromatic carbocycles. The van der Waals surface area contributed by atoms with Crippen LogP contribution in [-0.4, -0.2) is 107 Å². The fourth-order valence-electron chi connectivity index (χ4n) is 10.4. The van der Waals surface area contributed by atoms with Crippen LogP contribution in [0.5, 0.6) is 0 Å². The first-order chi connectivity index (χ1) is 42.9. The number of Topliss-reactive ketones (excluding diaryl/α,β-unsaturated/α-hetero) is 1. The molecule has 89 heavy (non-hydrogen) atoms. The Morgan fingerprint density at radius 2 is 0.966 bits per heavy atom. The highest BCUT2D eigenvalue weighted by atomic mass is 16.6. The van der Waals surface area contributed by atoms with Crippen LogP contribution in [0, 0.1) is 35.5 Å². The molecule has 17 nitrogen and oxygen atoms in total. The molecule has 0 radical (unpaired) electrons. The number of aliphatic hydroxyl groups is 2. The van der Waals surface area contributed by atoms with Gasteiger partial charge in [0.1, 0.15) is 31.7 Å². The number of aliphatic carboxylic acids is 3. The van der Waals surface area contributed by atoms with E-state index in [0.717, 1.165) is 148 Å². The maximum atomic E-state index is 13.1. The van der Waals surface area contributed by atoms with Gasteiger partial charge in [-0.25, -0.2) is 0 Å². The largest absolute Gasteiger partial charge is 0.550 e. The van der Waals surface area contributed by atoms with E-state index >= 15 is 0 Å². The number of hydrogen-bond acceptors (Lipinski definition) is 15. The van der Waals surface area contributed by atoms with E-state index in [1.807, 2.05) is 50.3 Å². The summed E-state index contributed by atoms with van der Waals surface area (Å²) >= 11 is 0. The molecule has 508 valence electrons. The molecule has 0 aromatic heterocycles. The molecule has 0 amide bonds. The molecule has 0 aliphatic rings. The molecular formula is C72H117O17-. The Bertz CT molecular complexity index is 2090. The minimum atomic E-state index is -1.38. The topological polar surface area (TPSA) is 277 Å². The van der Waals surface area contributed by atoms with Gasteiger partial charge in [0.25, 0.3) is 0 Å². The van der Waals surface area contributed by atoms with Gasteiger partial charge in [-0.05, 0) is 108 Å². The number of carbonyl (C=O) groups is 8.